The van der Waals surface area contributed by atoms with Crippen molar-refractivity contribution >= 4 is 35.7 Å². The minimum absolute atomic E-state index is 0. The zero-order valence-electron chi connectivity index (χ0n) is 20.0. The van der Waals surface area contributed by atoms with Gasteiger partial charge < -0.3 is 15.3 Å². The van der Waals surface area contributed by atoms with Crippen molar-refractivity contribution in [2.75, 3.05) is 23.3 Å². The van der Waals surface area contributed by atoms with Crippen LogP contribution in [-0.4, -0.2) is 30.1 Å². The normalized spacial score (nSPS) is 13.0. The highest BCUT2D eigenvalue weighted by Gasteiger charge is 2.28. The Labute approximate surface area is 194 Å². The van der Waals surface area contributed by atoms with E-state index in [9.17, 15) is 9.59 Å². The number of benzene rings is 1. The molecule has 0 aromatic heterocycles. The number of anilines is 2. The largest absolute Gasteiger partial charge is 0.481 e. The van der Waals surface area contributed by atoms with E-state index < -0.39 is 11.4 Å². The van der Waals surface area contributed by atoms with Crippen LogP contribution in [0.3, 0.4) is 0 Å². The second kappa shape index (κ2) is 12.3. The first-order valence-electron chi connectivity index (χ1n) is 11.5. The second-order valence-corrected chi connectivity index (χ2v) is 9.77. The van der Waals surface area contributed by atoms with Gasteiger partial charge in [0.1, 0.15) is 0 Å². The van der Waals surface area contributed by atoms with Gasteiger partial charge in [0, 0.05) is 24.9 Å². The lowest BCUT2D eigenvalue weighted by atomic mass is 9.94. The second-order valence-electron chi connectivity index (χ2n) is 9.77. The Morgan fingerprint density at radius 2 is 1.58 bits per heavy atom. The van der Waals surface area contributed by atoms with Gasteiger partial charge in [0.25, 0.3) is 0 Å². The fourth-order valence-electron chi connectivity index (χ4n) is 4.18. The van der Waals surface area contributed by atoms with Gasteiger partial charge in [-0.1, -0.05) is 58.9 Å². The molecule has 1 aromatic rings. The molecule has 1 amide bonds. The van der Waals surface area contributed by atoms with E-state index in [1.807, 2.05) is 20.8 Å². The summed E-state index contributed by atoms with van der Waals surface area (Å²) in [7, 11) is 0. The van der Waals surface area contributed by atoms with Gasteiger partial charge in [0.15, 0.2) is 0 Å². The number of aryl methyl sites for hydroxylation is 2. The monoisotopic (exact) mass is 452 g/mol. The summed E-state index contributed by atoms with van der Waals surface area (Å²) in [5.41, 5.74) is 5.64. The molecule has 31 heavy (non-hydrogen) atoms. The molecule has 0 fully saturated rings. The predicted octanol–water partition coefficient (Wildman–Crippen LogP) is 6.28. The Hall–Kier alpha value is -1.75. The Morgan fingerprint density at radius 1 is 1.00 bits per heavy atom. The molecule has 0 unspecified atom stereocenters. The minimum atomic E-state index is -0.690. The summed E-state index contributed by atoms with van der Waals surface area (Å²) in [5.74, 6) is -0.629. The van der Waals surface area contributed by atoms with Crippen molar-refractivity contribution in [2.45, 2.75) is 92.4 Å². The van der Waals surface area contributed by atoms with Crippen LogP contribution in [0.2, 0.25) is 0 Å². The van der Waals surface area contributed by atoms with Crippen molar-refractivity contribution in [1.29, 1.82) is 0 Å². The van der Waals surface area contributed by atoms with Crippen LogP contribution < -0.4 is 10.2 Å². The van der Waals surface area contributed by atoms with Crippen LogP contribution in [0.25, 0.3) is 0 Å². The molecule has 0 saturated carbocycles. The molecule has 1 aliphatic heterocycles. The lowest BCUT2D eigenvalue weighted by Crippen LogP contribution is -2.29. The highest BCUT2D eigenvalue weighted by molar-refractivity contribution is 5.99. The summed E-state index contributed by atoms with van der Waals surface area (Å²) in [4.78, 5) is 25.7. The Morgan fingerprint density at radius 3 is 2.16 bits per heavy atom. The zero-order valence-corrected chi connectivity index (χ0v) is 20.8. The molecule has 0 saturated heterocycles. The van der Waals surface area contributed by atoms with Crippen LogP contribution in [0, 0.1) is 19.3 Å². The van der Waals surface area contributed by atoms with Crippen LogP contribution in [0.15, 0.2) is 6.07 Å². The number of fused-ring (bicyclic) bond motifs is 1. The van der Waals surface area contributed by atoms with Gasteiger partial charge >= 0.3 is 5.97 Å². The molecule has 0 aliphatic carbocycles. The van der Waals surface area contributed by atoms with Gasteiger partial charge in [-0.3, -0.25) is 9.59 Å². The number of hydrogen-bond acceptors (Lipinski definition) is 3. The summed E-state index contributed by atoms with van der Waals surface area (Å²) >= 11 is 0. The van der Waals surface area contributed by atoms with Crippen LogP contribution >= 0.6 is 12.4 Å². The van der Waals surface area contributed by atoms with Crippen LogP contribution in [-0.2, 0) is 16.0 Å². The number of rotatable bonds is 11. The molecule has 0 atom stereocenters. The molecule has 1 aromatic carbocycles. The van der Waals surface area contributed by atoms with E-state index in [-0.39, 0.29) is 18.3 Å². The van der Waals surface area contributed by atoms with Crippen molar-refractivity contribution in [3.05, 3.63) is 22.8 Å². The lowest BCUT2D eigenvalue weighted by Gasteiger charge is -2.26. The summed E-state index contributed by atoms with van der Waals surface area (Å²) in [6.45, 7) is 12.2. The number of amides is 1. The molecular weight excluding hydrogens is 412 g/mol. The maximum Gasteiger partial charge on any atom is 0.303 e. The van der Waals surface area contributed by atoms with Crippen molar-refractivity contribution < 1.29 is 14.7 Å². The van der Waals surface area contributed by atoms with Gasteiger partial charge in [-0.05, 0) is 49.8 Å². The van der Waals surface area contributed by atoms with Crippen LogP contribution in [0.1, 0.15) is 88.8 Å². The molecular formula is C25H41ClN2O3. The molecule has 6 heteroatoms. The van der Waals surface area contributed by atoms with Crippen LogP contribution in [0.5, 0.6) is 0 Å². The first-order valence-corrected chi connectivity index (χ1v) is 11.5. The van der Waals surface area contributed by atoms with Crippen molar-refractivity contribution in [3.8, 4) is 0 Å². The summed E-state index contributed by atoms with van der Waals surface area (Å²) in [5, 5.41) is 11.9. The van der Waals surface area contributed by atoms with E-state index in [0.717, 1.165) is 56.4 Å². The van der Waals surface area contributed by atoms with Crippen molar-refractivity contribution in [1.82, 2.24) is 0 Å². The molecule has 1 aliphatic rings. The van der Waals surface area contributed by atoms with E-state index >= 15 is 0 Å². The number of carbonyl (C=O) groups excluding carboxylic acids is 1. The number of halogens is 1. The number of nitrogens with one attached hydrogen (secondary N) is 1. The summed E-state index contributed by atoms with van der Waals surface area (Å²) < 4.78 is 0. The van der Waals surface area contributed by atoms with Gasteiger partial charge in [-0.2, -0.15) is 0 Å². The molecule has 0 bridgehead atoms. The zero-order chi connectivity index (χ0) is 22.3. The highest BCUT2D eigenvalue weighted by Crippen LogP contribution is 2.40. The average Bonchev–Trinajstić information content (AvgIpc) is 3.07. The first-order chi connectivity index (χ1) is 14.1. The Bertz CT molecular complexity index is 756. The number of aliphatic carboxylic acids is 1. The minimum Gasteiger partial charge on any atom is -0.481 e. The quantitative estimate of drug-likeness (QED) is 0.388. The van der Waals surface area contributed by atoms with Crippen LogP contribution in [0.4, 0.5) is 11.4 Å². The molecule has 0 spiro atoms. The predicted molar refractivity (Wildman–Crippen MR) is 132 cm³/mol. The third-order valence-electron chi connectivity index (χ3n) is 6.01. The number of unbranched alkanes of at least 4 members (excludes halogenated alkanes) is 6. The molecule has 5 nitrogen and oxygen atoms in total. The van der Waals surface area contributed by atoms with Crippen molar-refractivity contribution in [2.24, 2.45) is 5.41 Å². The molecule has 0 radical (unpaired) electrons. The SMILES string of the molecule is Cc1cc(C)c(NC(=O)C(C)(C)C)c2c1CCN2CCCCCCCCCC(=O)O.Cl. The Balaban J connectivity index is 0.00000480. The summed E-state index contributed by atoms with van der Waals surface area (Å²) in [6.07, 6.45) is 9.00. The molecule has 1 heterocycles. The van der Waals surface area contributed by atoms with Gasteiger partial charge in [-0.25, -0.2) is 0 Å². The fourth-order valence-corrected chi connectivity index (χ4v) is 4.18. The fraction of sp³-hybridized carbons (Fsp3) is 0.680. The topological polar surface area (TPSA) is 69.6 Å². The van der Waals surface area contributed by atoms with E-state index in [0.29, 0.717) is 6.42 Å². The lowest BCUT2D eigenvalue weighted by molar-refractivity contribution is -0.137. The van der Waals surface area contributed by atoms with Crippen molar-refractivity contribution in [3.63, 3.8) is 0 Å². The van der Waals surface area contributed by atoms with E-state index in [2.05, 4.69) is 30.1 Å². The maximum atomic E-state index is 12.7. The summed E-state index contributed by atoms with van der Waals surface area (Å²) in [6, 6.07) is 2.20. The maximum absolute atomic E-state index is 12.7. The van der Waals surface area contributed by atoms with E-state index in [1.54, 1.807) is 0 Å². The Kier molecular flexibility index (Phi) is 10.9. The highest BCUT2D eigenvalue weighted by atomic mass is 35.5. The van der Waals surface area contributed by atoms with Gasteiger partial charge in [0.2, 0.25) is 5.91 Å². The van der Waals surface area contributed by atoms with E-state index in [1.165, 1.54) is 36.1 Å². The van der Waals surface area contributed by atoms with Gasteiger partial charge in [0.05, 0.1) is 11.4 Å². The molecule has 176 valence electrons. The number of carbonyl (C=O) groups is 2. The van der Waals surface area contributed by atoms with E-state index in [4.69, 9.17) is 5.11 Å². The number of carboxylic acids is 1. The average molecular weight is 453 g/mol. The van der Waals surface area contributed by atoms with Gasteiger partial charge in [-0.15, -0.1) is 12.4 Å². The molecule has 2 N–H and O–H groups in total. The standard InChI is InChI=1S/C25H40N2O3.ClH/c1-18-17-19(2)22(26-24(30)25(3,4)5)23-20(18)14-16-27(23)15-12-10-8-6-7-9-11-13-21(28)29;/h17H,6-16H2,1-5H3,(H,26,30)(H,28,29);1H. The third-order valence-corrected chi connectivity index (χ3v) is 6.01. The number of nitrogens with zero attached hydrogens (tertiary/aromatic N) is 1. The smallest absolute Gasteiger partial charge is 0.303 e. The third kappa shape index (κ3) is 8.03. The number of carboxylic acid groups (broad SMARTS) is 1. The first kappa shape index (κ1) is 27.3. The molecule has 2 rings (SSSR count). The number of hydrogen-bond donors (Lipinski definition) is 2.